The summed E-state index contributed by atoms with van der Waals surface area (Å²) in [4.78, 5) is 14.0. The Bertz CT molecular complexity index is 407. The van der Waals surface area contributed by atoms with E-state index in [9.17, 15) is 4.79 Å². The van der Waals surface area contributed by atoms with Crippen molar-refractivity contribution >= 4 is 17.5 Å². The molecule has 4 heteroatoms. The molecule has 0 bridgehead atoms. The Hall–Kier alpha value is -1.06. The molecule has 0 aliphatic rings. The summed E-state index contributed by atoms with van der Waals surface area (Å²) >= 11 is 6.16. The molecular formula is C14H20ClNO2. The van der Waals surface area contributed by atoms with Gasteiger partial charge in [0.25, 0.3) is 5.91 Å². The zero-order valence-electron chi connectivity index (χ0n) is 10.9. The molecule has 1 N–H and O–H groups in total. The maximum absolute atomic E-state index is 12.3. The number of unbranched alkanes of at least 4 members (excludes halogenated alkanes) is 1. The van der Waals surface area contributed by atoms with Crippen LogP contribution in [0.15, 0.2) is 18.2 Å². The Morgan fingerprint density at radius 1 is 1.39 bits per heavy atom. The van der Waals surface area contributed by atoms with Crippen LogP contribution in [0.2, 0.25) is 5.02 Å². The summed E-state index contributed by atoms with van der Waals surface area (Å²) in [6.45, 7) is 4.92. The van der Waals surface area contributed by atoms with Crippen molar-refractivity contribution in [2.45, 2.75) is 26.7 Å². The normalized spacial score (nSPS) is 10.4. The van der Waals surface area contributed by atoms with Crippen LogP contribution in [-0.4, -0.2) is 35.6 Å². The lowest BCUT2D eigenvalue weighted by molar-refractivity contribution is 0.0719. The highest BCUT2D eigenvalue weighted by Crippen LogP contribution is 2.21. The second-order valence-electron chi connectivity index (χ2n) is 4.31. The fourth-order valence-corrected chi connectivity index (χ4v) is 1.97. The molecule has 0 unspecified atom stereocenters. The maximum atomic E-state index is 12.3. The summed E-state index contributed by atoms with van der Waals surface area (Å²) in [5, 5.41) is 9.53. The number of rotatable bonds is 6. The molecule has 0 atom stereocenters. The molecule has 3 nitrogen and oxygen atoms in total. The minimum absolute atomic E-state index is 0.0289. The predicted molar refractivity (Wildman–Crippen MR) is 74.1 cm³/mol. The van der Waals surface area contributed by atoms with Crippen LogP contribution < -0.4 is 0 Å². The Morgan fingerprint density at radius 2 is 2.11 bits per heavy atom. The average Bonchev–Trinajstić information content (AvgIpc) is 2.37. The third-order valence-corrected chi connectivity index (χ3v) is 3.36. The fraction of sp³-hybridized carbons (Fsp3) is 0.500. The van der Waals surface area contributed by atoms with Crippen molar-refractivity contribution in [1.29, 1.82) is 0 Å². The standard InChI is InChI=1S/C14H20ClNO2/c1-3-4-8-16(9-10-17)14(18)12-7-5-6-11(2)13(12)15/h5-7,17H,3-4,8-10H2,1-2H3. The van der Waals surface area contributed by atoms with E-state index in [1.165, 1.54) is 0 Å². The number of aliphatic hydroxyl groups is 1. The number of carbonyl (C=O) groups excluding carboxylic acids is 1. The van der Waals surface area contributed by atoms with Gasteiger partial charge in [0.1, 0.15) is 0 Å². The van der Waals surface area contributed by atoms with E-state index >= 15 is 0 Å². The fourth-order valence-electron chi connectivity index (χ4n) is 1.77. The molecule has 0 aliphatic carbocycles. The number of benzene rings is 1. The first-order valence-corrected chi connectivity index (χ1v) is 6.64. The second-order valence-corrected chi connectivity index (χ2v) is 4.68. The van der Waals surface area contributed by atoms with Crippen molar-refractivity contribution < 1.29 is 9.90 Å². The number of aryl methyl sites for hydroxylation is 1. The number of hydrogen-bond acceptors (Lipinski definition) is 2. The monoisotopic (exact) mass is 269 g/mol. The van der Waals surface area contributed by atoms with Gasteiger partial charge in [-0.2, -0.15) is 0 Å². The van der Waals surface area contributed by atoms with Crippen LogP contribution in [0, 0.1) is 6.92 Å². The third kappa shape index (κ3) is 3.72. The minimum atomic E-state index is -0.105. The molecule has 1 aromatic carbocycles. The van der Waals surface area contributed by atoms with E-state index in [2.05, 4.69) is 6.92 Å². The first-order valence-electron chi connectivity index (χ1n) is 6.27. The number of carbonyl (C=O) groups is 1. The van der Waals surface area contributed by atoms with Gasteiger partial charge in [-0.05, 0) is 25.0 Å². The van der Waals surface area contributed by atoms with Crippen LogP contribution in [0.3, 0.4) is 0 Å². The predicted octanol–water partition coefficient (Wildman–Crippen LogP) is 2.88. The molecule has 1 amide bonds. The number of aliphatic hydroxyl groups excluding tert-OH is 1. The van der Waals surface area contributed by atoms with Crippen molar-refractivity contribution in [3.8, 4) is 0 Å². The number of amides is 1. The smallest absolute Gasteiger partial charge is 0.255 e. The molecule has 18 heavy (non-hydrogen) atoms. The summed E-state index contributed by atoms with van der Waals surface area (Å²) in [7, 11) is 0. The van der Waals surface area contributed by atoms with Gasteiger partial charge in [-0.25, -0.2) is 0 Å². The Kier molecular flexibility index (Phi) is 6.16. The van der Waals surface area contributed by atoms with Gasteiger partial charge in [0.15, 0.2) is 0 Å². The third-order valence-electron chi connectivity index (χ3n) is 2.86. The Balaban J connectivity index is 2.90. The minimum Gasteiger partial charge on any atom is -0.395 e. The Morgan fingerprint density at radius 3 is 2.72 bits per heavy atom. The molecule has 0 aromatic heterocycles. The highest BCUT2D eigenvalue weighted by molar-refractivity contribution is 6.34. The van der Waals surface area contributed by atoms with Gasteiger partial charge < -0.3 is 10.0 Å². The van der Waals surface area contributed by atoms with Gasteiger partial charge in [0.2, 0.25) is 0 Å². The van der Waals surface area contributed by atoms with E-state index in [1.54, 1.807) is 11.0 Å². The zero-order chi connectivity index (χ0) is 13.5. The molecule has 1 aromatic rings. The molecule has 0 fully saturated rings. The van der Waals surface area contributed by atoms with Crippen molar-refractivity contribution in [1.82, 2.24) is 4.90 Å². The number of nitrogens with zero attached hydrogens (tertiary/aromatic N) is 1. The van der Waals surface area contributed by atoms with Crippen LogP contribution in [0.5, 0.6) is 0 Å². The summed E-state index contributed by atoms with van der Waals surface area (Å²) in [5.74, 6) is -0.105. The highest BCUT2D eigenvalue weighted by atomic mass is 35.5. The van der Waals surface area contributed by atoms with Crippen molar-refractivity contribution in [2.75, 3.05) is 19.7 Å². The molecule has 0 aliphatic heterocycles. The first kappa shape index (κ1) is 15.0. The molecule has 1 rings (SSSR count). The van der Waals surface area contributed by atoms with E-state index < -0.39 is 0 Å². The van der Waals surface area contributed by atoms with Crippen molar-refractivity contribution in [2.24, 2.45) is 0 Å². The van der Waals surface area contributed by atoms with Gasteiger partial charge in [-0.15, -0.1) is 0 Å². The highest BCUT2D eigenvalue weighted by Gasteiger charge is 2.18. The molecule has 0 heterocycles. The summed E-state index contributed by atoms with van der Waals surface area (Å²) in [6, 6.07) is 5.43. The molecular weight excluding hydrogens is 250 g/mol. The second kappa shape index (κ2) is 7.39. The Labute approximate surface area is 113 Å². The van der Waals surface area contributed by atoms with Gasteiger partial charge in [0, 0.05) is 13.1 Å². The van der Waals surface area contributed by atoms with E-state index in [-0.39, 0.29) is 12.5 Å². The van der Waals surface area contributed by atoms with Crippen LogP contribution in [0.1, 0.15) is 35.7 Å². The molecule has 100 valence electrons. The van der Waals surface area contributed by atoms with Gasteiger partial charge in [0.05, 0.1) is 17.2 Å². The quantitative estimate of drug-likeness (QED) is 0.863. The molecule has 0 saturated carbocycles. The lowest BCUT2D eigenvalue weighted by atomic mass is 10.1. The van der Waals surface area contributed by atoms with Crippen LogP contribution in [0.25, 0.3) is 0 Å². The summed E-state index contributed by atoms with van der Waals surface area (Å²) in [5.41, 5.74) is 1.41. The average molecular weight is 270 g/mol. The van der Waals surface area contributed by atoms with E-state index in [0.29, 0.717) is 23.7 Å². The topological polar surface area (TPSA) is 40.5 Å². The van der Waals surface area contributed by atoms with Crippen LogP contribution >= 0.6 is 11.6 Å². The van der Waals surface area contributed by atoms with Gasteiger partial charge in [-0.3, -0.25) is 4.79 Å². The van der Waals surface area contributed by atoms with Gasteiger partial charge in [-0.1, -0.05) is 37.1 Å². The summed E-state index contributed by atoms with van der Waals surface area (Å²) in [6.07, 6.45) is 1.94. The number of halogens is 1. The van der Waals surface area contributed by atoms with E-state index in [4.69, 9.17) is 16.7 Å². The van der Waals surface area contributed by atoms with E-state index in [0.717, 1.165) is 18.4 Å². The van der Waals surface area contributed by atoms with Crippen molar-refractivity contribution in [3.05, 3.63) is 34.3 Å². The van der Waals surface area contributed by atoms with Crippen LogP contribution in [-0.2, 0) is 0 Å². The molecule has 0 radical (unpaired) electrons. The number of hydrogen-bond donors (Lipinski definition) is 1. The lowest BCUT2D eigenvalue weighted by Crippen LogP contribution is -2.34. The first-order chi connectivity index (χ1) is 8.61. The zero-order valence-corrected chi connectivity index (χ0v) is 11.7. The van der Waals surface area contributed by atoms with E-state index in [1.807, 2.05) is 19.1 Å². The molecule has 0 spiro atoms. The van der Waals surface area contributed by atoms with Crippen LogP contribution in [0.4, 0.5) is 0 Å². The largest absolute Gasteiger partial charge is 0.395 e. The summed E-state index contributed by atoms with van der Waals surface area (Å²) < 4.78 is 0. The van der Waals surface area contributed by atoms with Gasteiger partial charge >= 0.3 is 0 Å². The SMILES string of the molecule is CCCCN(CCO)C(=O)c1cccc(C)c1Cl. The maximum Gasteiger partial charge on any atom is 0.255 e. The lowest BCUT2D eigenvalue weighted by Gasteiger charge is -2.22. The van der Waals surface area contributed by atoms with Crippen molar-refractivity contribution in [3.63, 3.8) is 0 Å². The molecule has 0 saturated heterocycles.